The lowest BCUT2D eigenvalue weighted by atomic mass is 9.99. The van der Waals surface area contributed by atoms with Crippen LogP contribution in [0.4, 0.5) is 5.69 Å². The lowest BCUT2D eigenvalue weighted by molar-refractivity contribution is 0.150. The molecule has 0 unspecified atom stereocenters. The molecule has 0 saturated heterocycles. The molecule has 8 heteroatoms. The number of aryl methyl sites for hydroxylation is 1. The normalized spacial score (nSPS) is 15.0. The summed E-state index contributed by atoms with van der Waals surface area (Å²) in [5.41, 5.74) is 5.51. The van der Waals surface area contributed by atoms with Crippen molar-refractivity contribution in [2.75, 3.05) is 18.4 Å². The maximum Gasteiger partial charge on any atom is 0.237 e. The Labute approximate surface area is 212 Å². The molecule has 2 aromatic carbocycles. The number of hydrogen-bond acceptors (Lipinski definition) is 5. The predicted octanol–water partition coefficient (Wildman–Crippen LogP) is 5.07. The third kappa shape index (κ3) is 5.89. The predicted molar refractivity (Wildman–Crippen MR) is 141 cm³/mol. The smallest absolute Gasteiger partial charge is 0.237 e. The fraction of sp³-hybridized carbons (Fsp3) is 0.231. The van der Waals surface area contributed by atoms with Gasteiger partial charge in [-0.2, -0.15) is 5.10 Å². The highest BCUT2D eigenvalue weighted by Gasteiger charge is 2.29. The maximum absolute atomic E-state index is 6.39. The molecular formula is C26H29Cl2N5O. The number of fused-ring (bicyclic) bond motifs is 1. The minimum absolute atomic E-state index is 0. The minimum atomic E-state index is -0.0718. The molecule has 0 spiro atoms. The van der Waals surface area contributed by atoms with Crippen LogP contribution in [0.15, 0.2) is 85.3 Å². The molecule has 0 amide bonds. The second-order valence-corrected chi connectivity index (χ2v) is 8.09. The van der Waals surface area contributed by atoms with Crippen molar-refractivity contribution in [2.45, 2.75) is 18.6 Å². The third-order valence-electron chi connectivity index (χ3n) is 5.80. The molecule has 178 valence electrons. The Balaban J connectivity index is 0.00000162. The first-order valence-corrected chi connectivity index (χ1v) is 11.0. The van der Waals surface area contributed by atoms with E-state index in [9.17, 15) is 0 Å². The first-order chi connectivity index (χ1) is 15.8. The number of hydrogen-bond donors (Lipinski definition) is 2. The number of nitrogens with one attached hydrogen (secondary N) is 2. The zero-order chi connectivity index (χ0) is 21.8. The fourth-order valence-electron chi connectivity index (χ4n) is 4.12. The van der Waals surface area contributed by atoms with Gasteiger partial charge in [-0.3, -0.25) is 4.68 Å². The number of rotatable bonds is 7. The Bertz CT molecular complexity index is 1170. The summed E-state index contributed by atoms with van der Waals surface area (Å²) in [5, 5.41) is 11.5. The molecule has 3 heterocycles. The SMILES string of the molecule is Cl.Cl.Cn1cc(-c2cnc3c(c2)NC[C@@H]([C@H](NCCc2ccccc2)c2ccccc2)O3)cn1. The van der Waals surface area contributed by atoms with E-state index in [0.29, 0.717) is 12.4 Å². The quantitative estimate of drug-likeness (QED) is 0.373. The van der Waals surface area contributed by atoms with Gasteiger partial charge in [0.2, 0.25) is 5.88 Å². The molecule has 34 heavy (non-hydrogen) atoms. The first kappa shape index (κ1) is 25.6. The van der Waals surface area contributed by atoms with E-state index >= 15 is 0 Å². The molecule has 2 N–H and O–H groups in total. The topological polar surface area (TPSA) is 64.0 Å². The van der Waals surface area contributed by atoms with Crippen LogP contribution in [0.2, 0.25) is 0 Å². The summed E-state index contributed by atoms with van der Waals surface area (Å²) in [5.74, 6) is 0.639. The van der Waals surface area contributed by atoms with Crippen LogP contribution >= 0.6 is 24.8 Å². The standard InChI is InChI=1S/C26H27N5O.2ClH/c1-31-18-22(16-30-31)21-14-23-26(29-15-21)32-24(17-28-23)25(20-10-6-3-7-11-20)27-13-12-19-8-4-2-5-9-19;;/h2-11,14-16,18,24-25,27-28H,12-13,17H2,1H3;2*1H/t24-,25+;;/m0../s1. The van der Waals surface area contributed by atoms with E-state index in [4.69, 9.17) is 4.74 Å². The van der Waals surface area contributed by atoms with Gasteiger partial charge in [0.15, 0.2) is 0 Å². The summed E-state index contributed by atoms with van der Waals surface area (Å²) in [6.45, 7) is 1.56. The van der Waals surface area contributed by atoms with Crippen LogP contribution in [0.3, 0.4) is 0 Å². The number of ether oxygens (including phenoxy) is 1. The molecule has 2 aromatic heterocycles. The van der Waals surface area contributed by atoms with Crippen molar-refractivity contribution >= 4 is 30.5 Å². The number of halogens is 2. The Kier molecular flexibility index (Phi) is 8.93. The highest BCUT2D eigenvalue weighted by molar-refractivity contribution is 5.85. The van der Waals surface area contributed by atoms with Gasteiger partial charge >= 0.3 is 0 Å². The van der Waals surface area contributed by atoms with Crippen molar-refractivity contribution in [2.24, 2.45) is 7.05 Å². The van der Waals surface area contributed by atoms with E-state index in [1.807, 2.05) is 31.7 Å². The van der Waals surface area contributed by atoms with Crippen LogP contribution in [0.1, 0.15) is 17.2 Å². The van der Waals surface area contributed by atoms with Crippen LogP contribution in [0.5, 0.6) is 5.88 Å². The minimum Gasteiger partial charge on any atom is -0.469 e. The second kappa shape index (κ2) is 11.9. The van der Waals surface area contributed by atoms with E-state index in [1.165, 1.54) is 11.1 Å². The number of anilines is 1. The number of benzene rings is 2. The largest absolute Gasteiger partial charge is 0.469 e. The van der Waals surface area contributed by atoms with Gasteiger partial charge in [-0.1, -0.05) is 60.7 Å². The zero-order valence-electron chi connectivity index (χ0n) is 18.9. The molecule has 0 saturated carbocycles. The van der Waals surface area contributed by atoms with E-state index < -0.39 is 0 Å². The van der Waals surface area contributed by atoms with Crippen molar-refractivity contribution in [3.8, 4) is 17.0 Å². The molecule has 6 nitrogen and oxygen atoms in total. The molecular weight excluding hydrogens is 469 g/mol. The summed E-state index contributed by atoms with van der Waals surface area (Å²) in [6.07, 6.45) is 6.57. The maximum atomic E-state index is 6.39. The number of nitrogens with zero attached hydrogens (tertiary/aromatic N) is 3. The van der Waals surface area contributed by atoms with Crippen molar-refractivity contribution in [3.63, 3.8) is 0 Å². The highest BCUT2D eigenvalue weighted by atomic mass is 35.5. The van der Waals surface area contributed by atoms with E-state index in [2.05, 4.69) is 81.4 Å². The van der Waals surface area contributed by atoms with Crippen LogP contribution in [0, 0.1) is 0 Å². The Hall–Kier alpha value is -3.06. The van der Waals surface area contributed by atoms with Crippen molar-refractivity contribution in [1.82, 2.24) is 20.1 Å². The van der Waals surface area contributed by atoms with Gasteiger partial charge in [-0.05, 0) is 30.2 Å². The summed E-state index contributed by atoms with van der Waals surface area (Å²) >= 11 is 0. The molecule has 0 aliphatic carbocycles. The molecule has 1 aliphatic rings. The molecule has 0 radical (unpaired) electrons. The average Bonchev–Trinajstić information content (AvgIpc) is 3.29. The van der Waals surface area contributed by atoms with Crippen LogP contribution in [-0.2, 0) is 13.5 Å². The zero-order valence-corrected chi connectivity index (χ0v) is 20.6. The molecule has 5 rings (SSSR count). The summed E-state index contributed by atoms with van der Waals surface area (Å²) < 4.78 is 8.18. The van der Waals surface area contributed by atoms with Crippen LogP contribution < -0.4 is 15.4 Å². The molecule has 4 aromatic rings. The van der Waals surface area contributed by atoms with Crippen molar-refractivity contribution in [3.05, 3.63) is 96.4 Å². The monoisotopic (exact) mass is 497 g/mol. The highest BCUT2D eigenvalue weighted by Crippen LogP contribution is 2.34. The first-order valence-electron chi connectivity index (χ1n) is 11.0. The summed E-state index contributed by atoms with van der Waals surface area (Å²) in [7, 11) is 1.91. The number of pyridine rings is 1. The van der Waals surface area contributed by atoms with Gasteiger partial charge in [-0.25, -0.2) is 4.98 Å². The van der Waals surface area contributed by atoms with E-state index in [1.54, 1.807) is 4.68 Å². The molecule has 1 aliphatic heterocycles. The Morgan fingerprint density at radius 3 is 2.47 bits per heavy atom. The Morgan fingerprint density at radius 2 is 1.76 bits per heavy atom. The molecule has 0 bridgehead atoms. The van der Waals surface area contributed by atoms with Gasteiger partial charge in [0.25, 0.3) is 0 Å². The van der Waals surface area contributed by atoms with E-state index in [0.717, 1.165) is 29.8 Å². The molecule has 2 atom stereocenters. The van der Waals surface area contributed by atoms with Crippen LogP contribution in [-0.4, -0.2) is 34.0 Å². The van der Waals surface area contributed by atoms with Crippen LogP contribution in [0.25, 0.3) is 11.1 Å². The summed E-state index contributed by atoms with van der Waals surface area (Å²) in [6, 6.07) is 23.2. The Morgan fingerprint density at radius 1 is 1.03 bits per heavy atom. The third-order valence-corrected chi connectivity index (χ3v) is 5.80. The molecule has 0 fully saturated rings. The average molecular weight is 498 g/mol. The second-order valence-electron chi connectivity index (χ2n) is 8.09. The van der Waals surface area contributed by atoms with Crippen molar-refractivity contribution < 1.29 is 4.74 Å². The lowest BCUT2D eigenvalue weighted by Crippen LogP contribution is -2.43. The number of aromatic nitrogens is 3. The van der Waals surface area contributed by atoms with Gasteiger partial charge in [0.1, 0.15) is 6.10 Å². The van der Waals surface area contributed by atoms with E-state index in [-0.39, 0.29) is 37.0 Å². The lowest BCUT2D eigenvalue weighted by Gasteiger charge is -2.33. The van der Waals surface area contributed by atoms with Gasteiger partial charge < -0.3 is 15.4 Å². The fourth-order valence-corrected chi connectivity index (χ4v) is 4.12. The van der Waals surface area contributed by atoms with Crippen molar-refractivity contribution in [1.29, 1.82) is 0 Å². The van der Waals surface area contributed by atoms with Gasteiger partial charge in [0, 0.05) is 30.6 Å². The van der Waals surface area contributed by atoms with Gasteiger partial charge in [-0.15, -0.1) is 24.8 Å². The summed E-state index contributed by atoms with van der Waals surface area (Å²) in [4.78, 5) is 4.61. The van der Waals surface area contributed by atoms with Gasteiger partial charge in [0.05, 0.1) is 24.5 Å².